The van der Waals surface area contributed by atoms with Gasteiger partial charge in [0.2, 0.25) is 11.8 Å². The highest BCUT2D eigenvalue weighted by Gasteiger charge is 2.62. The average Bonchev–Trinajstić information content (AvgIpc) is 3.35. The third kappa shape index (κ3) is 2.29. The molecule has 4 atom stereocenters. The fourth-order valence-corrected chi connectivity index (χ4v) is 4.56. The Kier molecular flexibility index (Phi) is 3.36. The van der Waals surface area contributed by atoms with E-state index in [1.807, 2.05) is 24.3 Å². The molecule has 3 saturated heterocycles. The summed E-state index contributed by atoms with van der Waals surface area (Å²) >= 11 is 3.42. The van der Waals surface area contributed by atoms with Crippen molar-refractivity contribution in [3.05, 3.63) is 46.7 Å². The van der Waals surface area contributed by atoms with Crippen molar-refractivity contribution in [3.8, 4) is 0 Å². The second-order valence-electron chi connectivity index (χ2n) is 6.88. The van der Waals surface area contributed by atoms with Gasteiger partial charge in [-0.1, -0.05) is 28.1 Å². The summed E-state index contributed by atoms with van der Waals surface area (Å²) < 4.78 is 8.54. The molecule has 5 rings (SSSR count). The number of hydrogen-bond acceptors (Lipinski definition) is 4. The van der Waals surface area contributed by atoms with Crippen molar-refractivity contribution in [1.29, 1.82) is 0 Å². The number of anilines is 1. The molecule has 2 aromatic rings. The third-order valence-electron chi connectivity index (χ3n) is 5.42. The van der Waals surface area contributed by atoms with Crippen molar-refractivity contribution in [2.24, 2.45) is 11.8 Å². The molecule has 6 nitrogen and oxygen atoms in total. The topological polar surface area (TPSA) is 64.4 Å². The Morgan fingerprint density at radius 3 is 2.36 bits per heavy atom. The molecule has 128 valence electrons. The minimum atomic E-state index is -0.305. The van der Waals surface area contributed by atoms with Crippen molar-refractivity contribution < 1.29 is 14.3 Å². The number of carbonyl (C=O) groups is 2. The van der Waals surface area contributed by atoms with Gasteiger partial charge in [-0.3, -0.25) is 14.3 Å². The van der Waals surface area contributed by atoms with Crippen LogP contribution >= 0.6 is 15.9 Å². The van der Waals surface area contributed by atoms with Gasteiger partial charge < -0.3 is 4.74 Å². The Labute approximate surface area is 152 Å². The van der Waals surface area contributed by atoms with Crippen LogP contribution in [0.5, 0.6) is 0 Å². The monoisotopic (exact) mass is 401 g/mol. The zero-order chi connectivity index (χ0) is 17.1. The van der Waals surface area contributed by atoms with Crippen molar-refractivity contribution in [2.45, 2.75) is 31.6 Å². The van der Waals surface area contributed by atoms with Crippen LogP contribution in [0.25, 0.3) is 0 Å². The molecule has 3 fully saturated rings. The minimum absolute atomic E-state index is 0.0886. The lowest BCUT2D eigenvalue weighted by Gasteiger charge is -2.15. The number of rotatable bonds is 3. The quantitative estimate of drug-likeness (QED) is 0.740. The van der Waals surface area contributed by atoms with Crippen molar-refractivity contribution >= 4 is 33.4 Å². The molecule has 0 aliphatic carbocycles. The largest absolute Gasteiger partial charge is 0.373 e. The molecule has 0 spiro atoms. The summed E-state index contributed by atoms with van der Waals surface area (Å²) in [5.41, 5.74) is 1.65. The van der Waals surface area contributed by atoms with Crippen LogP contribution in [0.1, 0.15) is 18.4 Å². The van der Waals surface area contributed by atoms with E-state index in [0.717, 1.165) is 22.9 Å². The van der Waals surface area contributed by atoms with Gasteiger partial charge in [0, 0.05) is 10.7 Å². The molecular formula is C18H16BrN3O3. The van der Waals surface area contributed by atoms with Crippen LogP contribution in [0.15, 0.2) is 41.1 Å². The smallest absolute Gasteiger partial charge is 0.240 e. The third-order valence-corrected chi connectivity index (χ3v) is 5.95. The number of aromatic nitrogens is 2. The van der Waals surface area contributed by atoms with Gasteiger partial charge in [-0.05, 0) is 30.5 Å². The summed E-state index contributed by atoms with van der Waals surface area (Å²) in [5, 5.41) is 4.32. The number of carbonyl (C=O) groups excluding carboxylic acids is 2. The van der Waals surface area contributed by atoms with E-state index in [1.165, 1.54) is 4.90 Å². The highest BCUT2D eigenvalue weighted by Crippen LogP contribution is 2.49. The summed E-state index contributed by atoms with van der Waals surface area (Å²) in [7, 11) is 0. The van der Waals surface area contributed by atoms with Gasteiger partial charge in [-0.25, -0.2) is 4.90 Å². The van der Waals surface area contributed by atoms with Crippen LogP contribution in [-0.4, -0.2) is 33.8 Å². The van der Waals surface area contributed by atoms with E-state index in [0.29, 0.717) is 12.2 Å². The van der Waals surface area contributed by atoms with Crippen LogP contribution in [0.3, 0.4) is 0 Å². The lowest BCUT2D eigenvalue weighted by Crippen LogP contribution is -2.33. The molecule has 0 radical (unpaired) electrons. The van der Waals surface area contributed by atoms with Crippen molar-refractivity contribution in [2.75, 3.05) is 4.90 Å². The first kappa shape index (κ1) is 15.3. The van der Waals surface area contributed by atoms with Gasteiger partial charge in [0.15, 0.2) is 0 Å². The van der Waals surface area contributed by atoms with Gasteiger partial charge >= 0.3 is 0 Å². The molecule has 0 N–H and O–H groups in total. The lowest BCUT2D eigenvalue weighted by atomic mass is 9.81. The summed E-state index contributed by atoms with van der Waals surface area (Å²) in [5.74, 6) is -0.877. The molecule has 2 amide bonds. The number of amides is 2. The second-order valence-corrected chi connectivity index (χ2v) is 7.79. The van der Waals surface area contributed by atoms with Crippen LogP contribution in [0.4, 0.5) is 5.69 Å². The number of ether oxygens (including phenoxy) is 1. The summed E-state index contributed by atoms with van der Waals surface area (Å²) in [4.78, 5) is 26.9. The summed E-state index contributed by atoms with van der Waals surface area (Å²) in [6.07, 6.45) is 4.94. The number of nitrogens with zero attached hydrogens (tertiary/aromatic N) is 3. The molecule has 1 aromatic heterocycles. The number of halogens is 1. The van der Waals surface area contributed by atoms with Crippen molar-refractivity contribution in [1.82, 2.24) is 9.78 Å². The molecule has 0 saturated carbocycles. The number of fused-ring (bicyclic) bond motifs is 5. The SMILES string of the molecule is O=C1[C@@H]2[C@H](C(=O)N1c1cnn(Cc3ccc(Br)cc3)c1)[C@@H]1CC[C@@H]2O1. The Balaban J connectivity index is 1.39. The van der Waals surface area contributed by atoms with Crippen LogP contribution in [-0.2, 0) is 20.9 Å². The highest BCUT2D eigenvalue weighted by molar-refractivity contribution is 9.10. The predicted molar refractivity (Wildman–Crippen MR) is 92.8 cm³/mol. The highest BCUT2D eigenvalue weighted by atomic mass is 79.9. The number of hydrogen-bond donors (Lipinski definition) is 0. The number of imide groups is 1. The first-order chi connectivity index (χ1) is 12.1. The standard InChI is InChI=1S/C18H16BrN3O3/c19-11-3-1-10(2-4-11)8-21-9-12(7-20-21)22-17(23)15-13-5-6-14(25-13)16(15)18(22)24/h1-4,7,9,13-16H,5-6,8H2/t13-,14-,15-,16+/m0/s1. The molecule has 1 aromatic carbocycles. The first-order valence-corrected chi connectivity index (χ1v) is 9.21. The normalized spacial score (nSPS) is 30.4. The lowest BCUT2D eigenvalue weighted by molar-refractivity contribution is -0.124. The van der Waals surface area contributed by atoms with E-state index in [-0.39, 0.29) is 35.9 Å². The molecule has 3 aliphatic rings. The Morgan fingerprint density at radius 1 is 1.08 bits per heavy atom. The molecule has 0 unspecified atom stereocenters. The van der Waals surface area contributed by atoms with Gasteiger partial charge in [0.1, 0.15) is 0 Å². The maximum atomic E-state index is 12.8. The van der Waals surface area contributed by atoms with Crippen molar-refractivity contribution in [3.63, 3.8) is 0 Å². The predicted octanol–water partition coefficient (Wildman–Crippen LogP) is 2.36. The molecule has 7 heteroatoms. The molecular weight excluding hydrogens is 386 g/mol. The average molecular weight is 402 g/mol. The summed E-state index contributed by atoms with van der Waals surface area (Å²) in [6.45, 7) is 0.588. The minimum Gasteiger partial charge on any atom is -0.373 e. The molecule has 2 bridgehead atoms. The zero-order valence-corrected chi connectivity index (χ0v) is 14.9. The van der Waals surface area contributed by atoms with E-state index >= 15 is 0 Å². The Hall–Kier alpha value is -1.99. The first-order valence-electron chi connectivity index (χ1n) is 8.42. The van der Waals surface area contributed by atoms with Gasteiger partial charge in [0.05, 0.1) is 42.5 Å². The van der Waals surface area contributed by atoms with E-state index in [4.69, 9.17) is 4.74 Å². The fraction of sp³-hybridized carbons (Fsp3) is 0.389. The van der Waals surface area contributed by atoms with Gasteiger partial charge in [-0.2, -0.15) is 5.10 Å². The molecule has 3 aliphatic heterocycles. The van der Waals surface area contributed by atoms with E-state index in [9.17, 15) is 9.59 Å². The maximum Gasteiger partial charge on any atom is 0.240 e. The van der Waals surface area contributed by atoms with E-state index < -0.39 is 0 Å². The zero-order valence-electron chi connectivity index (χ0n) is 13.3. The fourth-order valence-electron chi connectivity index (χ4n) is 4.30. The Morgan fingerprint density at radius 2 is 1.72 bits per heavy atom. The van der Waals surface area contributed by atoms with Crippen LogP contribution in [0.2, 0.25) is 0 Å². The number of benzene rings is 1. The maximum absolute atomic E-state index is 12.8. The Bertz CT molecular complexity index is 835. The molecule has 4 heterocycles. The van der Waals surface area contributed by atoms with E-state index in [1.54, 1.807) is 17.1 Å². The van der Waals surface area contributed by atoms with E-state index in [2.05, 4.69) is 21.0 Å². The molecule has 25 heavy (non-hydrogen) atoms. The van der Waals surface area contributed by atoms with Gasteiger partial charge in [-0.15, -0.1) is 0 Å². The second kappa shape index (κ2) is 5.51. The van der Waals surface area contributed by atoms with Crippen LogP contribution < -0.4 is 4.90 Å². The van der Waals surface area contributed by atoms with Gasteiger partial charge in [0.25, 0.3) is 0 Å². The summed E-state index contributed by atoms with van der Waals surface area (Å²) in [6, 6.07) is 7.97. The van der Waals surface area contributed by atoms with Crippen LogP contribution in [0, 0.1) is 11.8 Å².